The van der Waals surface area contributed by atoms with Crippen LogP contribution in [0.15, 0.2) is 24.3 Å². The first-order valence-corrected chi connectivity index (χ1v) is 11.6. The summed E-state index contributed by atoms with van der Waals surface area (Å²) in [5, 5.41) is 8.79. The number of nitrogens with zero attached hydrogens (tertiary/aromatic N) is 2. The summed E-state index contributed by atoms with van der Waals surface area (Å²) in [7, 11) is 0. The molecule has 0 unspecified atom stereocenters. The van der Waals surface area contributed by atoms with Gasteiger partial charge in [0, 0.05) is 38.3 Å². The number of halogens is 3. The van der Waals surface area contributed by atoms with Crippen molar-refractivity contribution in [1.82, 2.24) is 4.90 Å². The number of ketones is 1. The second-order valence-corrected chi connectivity index (χ2v) is 9.14. The molecule has 0 atom stereocenters. The number of anilines is 1. The predicted molar refractivity (Wildman–Crippen MR) is 116 cm³/mol. The molecule has 4 nitrogen and oxygen atoms in total. The van der Waals surface area contributed by atoms with Gasteiger partial charge in [-0.25, -0.2) is 0 Å². The number of piperazine rings is 1. The minimum atomic E-state index is -4.30. The first-order chi connectivity index (χ1) is 14.8. The van der Waals surface area contributed by atoms with Crippen LogP contribution in [0.3, 0.4) is 0 Å². The number of aliphatic hydroxyl groups excluding tert-OH is 1. The van der Waals surface area contributed by atoms with E-state index in [-0.39, 0.29) is 12.4 Å². The molecule has 1 aliphatic carbocycles. The van der Waals surface area contributed by atoms with Crippen molar-refractivity contribution in [3.63, 3.8) is 0 Å². The highest BCUT2D eigenvalue weighted by atomic mass is 19.4. The Bertz CT molecular complexity index is 694. The second kappa shape index (κ2) is 11.3. The number of Topliss-reactive ketones (excluding diaryl/α,β-unsaturated/α-hetero) is 1. The molecule has 1 N–H and O–H groups in total. The summed E-state index contributed by atoms with van der Waals surface area (Å²) < 4.78 is 38.9. The van der Waals surface area contributed by atoms with E-state index in [9.17, 15) is 18.0 Å². The van der Waals surface area contributed by atoms with E-state index in [0.29, 0.717) is 12.1 Å². The zero-order valence-electron chi connectivity index (χ0n) is 18.2. The summed E-state index contributed by atoms with van der Waals surface area (Å²) in [6, 6.07) is 5.64. The van der Waals surface area contributed by atoms with E-state index in [2.05, 4.69) is 9.80 Å². The summed E-state index contributed by atoms with van der Waals surface area (Å²) in [6.07, 6.45) is 4.37. The molecule has 1 saturated heterocycles. The van der Waals surface area contributed by atoms with Gasteiger partial charge < -0.3 is 10.0 Å². The lowest BCUT2D eigenvalue weighted by Gasteiger charge is -2.37. The quantitative estimate of drug-likeness (QED) is 0.602. The van der Waals surface area contributed by atoms with Crippen LogP contribution in [0, 0.1) is 11.8 Å². The molecule has 1 heterocycles. The SMILES string of the molecule is O=C(CO)CCCC1CCC(CCN2CCN(c3cccc(C(F)(F)F)c3)CC2)CC1. The number of benzene rings is 1. The van der Waals surface area contributed by atoms with Crippen molar-refractivity contribution in [2.24, 2.45) is 11.8 Å². The molecule has 0 spiro atoms. The van der Waals surface area contributed by atoms with Gasteiger partial charge >= 0.3 is 6.18 Å². The van der Waals surface area contributed by atoms with Gasteiger partial charge in [0.1, 0.15) is 6.61 Å². The molecule has 1 aromatic rings. The zero-order chi connectivity index (χ0) is 22.3. The van der Waals surface area contributed by atoms with Crippen LogP contribution >= 0.6 is 0 Å². The first-order valence-electron chi connectivity index (χ1n) is 11.6. The number of hydrogen-bond donors (Lipinski definition) is 1. The molecule has 1 aliphatic heterocycles. The van der Waals surface area contributed by atoms with Gasteiger partial charge in [0.2, 0.25) is 0 Å². The van der Waals surface area contributed by atoms with Crippen LogP contribution in [0.1, 0.15) is 56.9 Å². The van der Waals surface area contributed by atoms with Gasteiger partial charge in [0.15, 0.2) is 5.78 Å². The molecule has 1 saturated carbocycles. The Morgan fingerprint density at radius 1 is 1.00 bits per heavy atom. The van der Waals surface area contributed by atoms with Crippen molar-refractivity contribution >= 4 is 11.5 Å². The Kier molecular flexibility index (Phi) is 8.78. The fourth-order valence-corrected chi connectivity index (χ4v) is 4.95. The van der Waals surface area contributed by atoms with Crippen LogP contribution in [0.25, 0.3) is 0 Å². The monoisotopic (exact) mass is 440 g/mol. The second-order valence-electron chi connectivity index (χ2n) is 9.14. The van der Waals surface area contributed by atoms with Crippen LogP contribution < -0.4 is 4.90 Å². The zero-order valence-corrected chi connectivity index (χ0v) is 18.2. The molecule has 1 aromatic carbocycles. The van der Waals surface area contributed by atoms with Crippen LogP contribution in [0.4, 0.5) is 18.9 Å². The molecule has 0 amide bonds. The smallest absolute Gasteiger partial charge is 0.389 e. The summed E-state index contributed by atoms with van der Waals surface area (Å²) in [6.45, 7) is 4.05. The number of alkyl halides is 3. The molecule has 2 aliphatic rings. The van der Waals surface area contributed by atoms with Crippen LogP contribution in [0.5, 0.6) is 0 Å². The highest BCUT2D eigenvalue weighted by molar-refractivity contribution is 5.79. The third-order valence-corrected chi connectivity index (χ3v) is 6.98. The van der Waals surface area contributed by atoms with E-state index >= 15 is 0 Å². The normalized spacial score (nSPS) is 23.2. The van der Waals surface area contributed by atoms with Crippen LogP contribution in [-0.2, 0) is 11.0 Å². The van der Waals surface area contributed by atoms with E-state index in [0.717, 1.165) is 63.5 Å². The minimum absolute atomic E-state index is 0.0539. The standard InChI is InChI=1S/C24H35F3N2O2/c25-24(26,27)21-4-2-5-22(17-21)29-15-13-28(14-16-29)12-11-20-9-7-19(8-10-20)3-1-6-23(31)18-30/h2,4-5,17,19-20,30H,1,3,6-16,18H2. The molecule has 2 fully saturated rings. The van der Waals surface area contributed by atoms with Gasteiger partial charge in [-0.05, 0) is 49.4 Å². The fourth-order valence-electron chi connectivity index (χ4n) is 4.95. The average Bonchev–Trinajstić information content (AvgIpc) is 2.78. The number of carbonyl (C=O) groups excluding carboxylic acids is 1. The van der Waals surface area contributed by atoms with Gasteiger partial charge in [0.05, 0.1) is 5.56 Å². The van der Waals surface area contributed by atoms with Crippen molar-refractivity contribution in [2.75, 3.05) is 44.2 Å². The molecule has 0 bridgehead atoms. The summed E-state index contributed by atoms with van der Waals surface area (Å²) in [5.74, 6) is 1.43. The fraction of sp³-hybridized carbons (Fsp3) is 0.708. The molecular formula is C24H35F3N2O2. The average molecular weight is 441 g/mol. The highest BCUT2D eigenvalue weighted by Crippen LogP contribution is 2.34. The Morgan fingerprint density at radius 2 is 1.65 bits per heavy atom. The van der Waals surface area contributed by atoms with E-state index in [1.54, 1.807) is 6.07 Å². The van der Waals surface area contributed by atoms with Gasteiger partial charge in [-0.1, -0.05) is 38.2 Å². The van der Waals surface area contributed by atoms with Crippen LogP contribution in [0.2, 0.25) is 0 Å². The summed E-state index contributed by atoms with van der Waals surface area (Å²) >= 11 is 0. The molecule has 0 radical (unpaired) electrons. The first kappa shape index (κ1) is 24.1. The molecule has 31 heavy (non-hydrogen) atoms. The third kappa shape index (κ3) is 7.49. The maximum atomic E-state index is 13.0. The maximum Gasteiger partial charge on any atom is 0.416 e. The van der Waals surface area contributed by atoms with E-state index in [4.69, 9.17) is 5.11 Å². The topological polar surface area (TPSA) is 43.8 Å². The Hall–Kier alpha value is -1.60. The van der Waals surface area contributed by atoms with Gasteiger partial charge in [-0.15, -0.1) is 0 Å². The summed E-state index contributed by atoms with van der Waals surface area (Å²) in [4.78, 5) is 15.7. The molecule has 3 rings (SSSR count). The Morgan fingerprint density at radius 3 is 2.26 bits per heavy atom. The van der Waals surface area contributed by atoms with Crippen molar-refractivity contribution < 1.29 is 23.1 Å². The Labute approximate surface area is 183 Å². The van der Waals surface area contributed by atoms with E-state index < -0.39 is 11.7 Å². The van der Waals surface area contributed by atoms with Crippen molar-refractivity contribution in [1.29, 1.82) is 0 Å². The maximum absolute atomic E-state index is 13.0. The minimum Gasteiger partial charge on any atom is -0.389 e. The largest absolute Gasteiger partial charge is 0.416 e. The van der Waals surface area contributed by atoms with E-state index in [1.165, 1.54) is 44.2 Å². The van der Waals surface area contributed by atoms with Crippen molar-refractivity contribution in [2.45, 2.75) is 57.5 Å². The highest BCUT2D eigenvalue weighted by Gasteiger charge is 2.31. The lowest BCUT2D eigenvalue weighted by molar-refractivity contribution is -0.137. The number of aliphatic hydroxyl groups is 1. The number of rotatable bonds is 9. The van der Waals surface area contributed by atoms with Gasteiger partial charge in [0.25, 0.3) is 0 Å². The summed E-state index contributed by atoms with van der Waals surface area (Å²) in [5.41, 5.74) is 0.0801. The number of hydrogen-bond acceptors (Lipinski definition) is 4. The molecule has 7 heteroatoms. The molecular weight excluding hydrogens is 405 g/mol. The number of carbonyl (C=O) groups is 1. The lowest BCUT2D eigenvalue weighted by atomic mass is 9.78. The Balaban J connectivity index is 1.33. The lowest BCUT2D eigenvalue weighted by Crippen LogP contribution is -2.47. The van der Waals surface area contributed by atoms with Gasteiger partial charge in [-0.2, -0.15) is 13.2 Å². The molecule has 174 valence electrons. The molecule has 0 aromatic heterocycles. The predicted octanol–water partition coefficient (Wildman–Crippen LogP) is 4.76. The van der Waals surface area contributed by atoms with Gasteiger partial charge in [-0.3, -0.25) is 9.69 Å². The van der Waals surface area contributed by atoms with E-state index in [1.807, 2.05) is 0 Å². The third-order valence-electron chi connectivity index (χ3n) is 6.98. The van der Waals surface area contributed by atoms with Crippen molar-refractivity contribution in [3.05, 3.63) is 29.8 Å². The van der Waals surface area contributed by atoms with Crippen LogP contribution in [-0.4, -0.2) is 55.1 Å². The van der Waals surface area contributed by atoms with Crippen molar-refractivity contribution in [3.8, 4) is 0 Å².